The second-order valence-electron chi connectivity index (χ2n) is 6.86. The first-order valence-corrected chi connectivity index (χ1v) is 8.74. The van der Waals surface area contributed by atoms with Crippen molar-refractivity contribution in [2.24, 2.45) is 0 Å². The molecule has 6 nitrogen and oxygen atoms in total. The number of hydrogen-bond acceptors (Lipinski definition) is 4. The molecule has 0 fully saturated rings. The quantitative estimate of drug-likeness (QED) is 0.686. The molecule has 2 aromatic heterocycles. The minimum Gasteiger partial charge on any atom is -0.494 e. The van der Waals surface area contributed by atoms with E-state index in [1.54, 1.807) is 41.0 Å². The highest BCUT2D eigenvalue weighted by Crippen LogP contribution is 2.23. The third-order valence-electron chi connectivity index (χ3n) is 4.40. The lowest BCUT2D eigenvalue weighted by atomic mass is 10.1. The summed E-state index contributed by atoms with van der Waals surface area (Å²) >= 11 is 0. The summed E-state index contributed by atoms with van der Waals surface area (Å²) in [6, 6.07) is 6.59. The highest BCUT2D eigenvalue weighted by molar-refractivity contribution is 6.05. The summed E-state index contributed by atoms with van der Waals surface area (Å²) in [4.78, 5) is 19.1. The molecule has 0 atom stereocenters. The minimum atomic E-state index is -0.448. The summed E-state index contributed by atoms with van der Waals surface area (Å²) < 4.78 is 20.7. The van der Waals surface area contributed by atoms with Crippen LogP contribution in [0.2, 0.25) is 0 Å². The first-order chi connectivity index (χ1) is 12.8. The molecule has 0 bridgehead atoms. The van der Waals surface area contributed by atoms with Gasteiger partial charge in [0.15, 0.2) is 17.2 Å². The molecule has 0 spiro atoms. The first-order valence-electron chi connectivity index (χ1n) is 8.74. The molecule has 0 saturated carbocycles. The number of halogens is 1. The number of benzene rings is 1. The number of aryl methyl sites for hydroxylation is 1. The number of pyridine rings is 1. The molecule has 1 aromatic carbocycles. The molecule has 3 rings (SSSR count). The second kappa shape index (κ2) is 7.34. The monoisotopic (exact) mass is 370 g/mol. The number of nitrogens with zero attached hydrogens (tertiary/aromatic N) is 4. The predicted molar refractivity (Wildman–Crippen MR) is 101 cm³/mol. The van der Waals surface area contributed by atoms with Gasteiger partial charge in [0.2, 0.25) is 0 Å². The van der Waals surface area contributed by atoms with E-state index in [2.05, 4.69) is 10.1 Å². The van der Waals surface area contributed by atoms with Gasteiger partial charge < -0.3 is 9.64 Å². The number of carbonyl (C=O) groups excluding carboxylic acids is 1. The van der Waals surface area contributed by atoms with E-state index in [4.69, 9.17) is 4.74 Å². The van der Waals surface area contributed by atoms with Crippen LogP contribution in [0.25, 0.3) is 11.0 Å². The topological polar surface area (TPSA) is 60.2 Å². The molecular weight excluding hydrogens is 347 g/mol. The van der Waals surface area contributed by atoms with E-state index >= 15 is 0 Å². The Morgan fingerprint density at radius 1 is 1.33 bits per heavy atom. The lowest BCUT2D eigenvalue weighted by Crippen LogP contribution is -2.26. The van der Waals surface area contributed by atoms with E-state index in [9.17, 15) is 9.18 Å². The molecule has 0 N–H and O–H groups in total. The first kappa shape index (κ1) is 18.8. The highest BCUT2D eigenvalue weighted by atomic mass is 19.1. The Kier molecular flexibility index (Phi) is 5.12. The molecule has 142 valence electrons. The predicted octanol–water partition coefficient (Wildman–Crippen LogP) is 3.74. The molecule has 0 radical (unpaired) electrons. The molecule has 0 saturated heterocycles. The van der Waals surface area contributed by atoms with E-state index in [1.165, 1.54) is 13.2 Å². The van der Waals surface area contributed by atoms with Crippen LogP contribution in [0.3, 0.4) is 0 Å². The van der Waals surface area contributed by atoms with Crippen LogP contribution in [0.5, 0.6) is 5.75 Å². The maximum atomic E-state index is 13.9. The van der Waals surface area contributed by atoms with Crippen molar-refractivity contribution in [2.75, 3.05) is 14.2 Å². The Bertz CT molecular complexity index is 997. The van der Waals surface area contributed by atoms with Crippen molar-refractivity contribution in [2.45, 2.75) is 33.4 Å². The average molecular weight is 370 g/mol. The van der Waals surface area contributed by atoms with Gasteiger partial charge >= 0.3 is 0 Å². The fourth-order valence-corrected chi connectivity index (χ4v) is 3.06. The van der Waals surface area contributed by atoms with Gasteiger partial charge in [-0.15, -0.1) is 0 Å². The summed E-state index contributed by atoms with van der Waals surface area (Å²) in [6.07, 6.45) is 1.68. The Morgan fingerprint density at radius 3 is 2.70 bits per heavy atom. The van der Waals surface area contributed by atoms with Gasteiger partial charge in [-0.25, -0.2) is 14.1 Å². The number of ether oxygens (including phenoxy) is 1. The largest absolute Gasteiger partial charge is 0.494 e. The van der Waals surface area contributed by atoms with Gasteiger partial charge in [-0.3, -0.25) is 4.79 Å². The number of rotatable bonds is 5. The summed E-state index contributed by atoms with van der Waals surface area (Å²) in [6.45, 7) is 6.16. The normalized spacial score (nSPS) is 11.2. The van der Waals surface area contributed by atoms with Crippen molar-refractivity contribution < 1.29 is 13.9 Å². The Balaban J connectivity index is 1.92. The van der Waals surface area contributed by atoms with E-state index in [1.807, 2.05) is 20.8 Å². The van der Waals surface area contributed by atoms with Crippen molar-refractivity contribution in [1.29, 1.82) is 0 Å². The summed E-state index contributed by atoms with van der Waals surface area (Å²) in [5.41, 5.74) is 2.67. The number of methoxy groups -OCH3 is 1. The average Bonchev–Trinajstić information content (AvgIpc) is 3.04. The van der Waals surface area contributed by atoms with E-state index in [0.29, 0.717) is 22.2 Å². The van der Waals surface area contributed by atoms with Crippen LogP contribution in [0, 0.1) is 12.7 Å². The van der Waals surface area contributed by atoms with Crippen molar-refractivity contribution in [1.82, 2.24) is 19.7 Å². The second-order valence-corrected chi connectivity index (χ2v) is 6.86. The zero-order valence-electron chi connectivity index (χ0n) is 16.2. The Labute approximate surface area is 157 Å². The number of aromatic nitrogens is 3. The van der Waals surface area contributed by atoms with Crippen LogP contribution < -0.4 is 4.74 Å². The molecule has 0 unspecified atom stereocenters. The lowest BCUT2D eigenvalue weighted by Gasteiger charge is -2.18. The van der Waals surface area contributed by atoms with E-state index in [0.717, 1.165) is 5.69 Å². The SMILES string of the molecule is COc1ccc(CN(C)C(=O)c2cc(C)nc3c2cnn3C(C)C)cc1F. The van der Waals surface area contributed by atoms with Gasteiger partial charge in [0.1, 0.15) is 0 Å². The summed E-state index contributed by atoms with van der Waals surface area (Å²) in [7, 11) is 3.11. The molecule has 0 aliphatic carbocycles. The van der Waals surface area contributed by atoms with Gasteiger partial charge in [0.05, 0.1) is 24.3 Å². The molecule has 27 heavy (non-hydrogen) atoms. The van der Waals surface area contributed by atoms with Crippen molar-refractivity contribution in [3.8, 4) is 5.75 Å². The minimum absolute atomic E-state index is 0.139. The van der Waals surface area contributed by atoms with Gasteiger partial charge in [-0.05, 0) is 44.5 Å². The maximum absolute atomic E-state index is 13.9. The van der Waals surface area contributed by atoms with Crippen molar-refractivity contribution >= 4 is 16.9 Å². The number of amides is 1. The van der Waals surface area contributed by atoms with E-state index in [-0.39, 0.29) is 24.2 Å². The van der Waals surface area contributed by atoms with Crippen LogP contribution in [-0.4, -0.2) is 39.7 Å². The summed E-state index contributed by atoms with van der Waals surface area (Å²) in [5, 5.41) is 5.09. The van der Waals surface area contributed by atoms with Gasteiger partial charge in [-0.2, -0.15) is 5.10 Å². The zero-order valence-corrected chi connectivity index (χ0v) is 16.2. The van der Waals surface area contributed by atoms with Gasteiger partial charge in [-0.1, -0.05) is 6.07 Å². The fraction of sp³-hybridized carbons (Fsp3) is 0.350. The van der Waals surface area contributed by atoms with Crippen LogP contribution in [0.15, 0.2) is 30.5 Å². The van der Waals surface area contributed by atoms with Crippen LogP contribution in [0.4, 0.5) is 4.39 Å². The summed E-state index contributed by atoms with van der Waals surface area (Å²) in [5.74, 6) is -0.429. The third kappa shape index (κ3) is 3.63. The molecule has 1 amide bonds. The van der Waals surface area contributed by atoms with E-state index < -0.39 is 5.82 Å². The Hall–Kier alpha value is -2.96. The number of fused-ring (bicyclic) bond motifs is 1. The van der Waals surface area contributed by atoms with Gasteiger partial charge in [0.25, 0.3) is 5.91 Å². The third-order valence-corrected chi connectivity index (χ3v) is 4.40. The number of carbonyl (C=O) groups is 1. The molecule has 0 aliphatic rings. The van der Waals surface area contributed by atoms with Gasteiger partial charge in [0, 0.05) is 25.3 Å². The van der Waals surface area contributed by atoms with Crippen molar-refractivity contribution in [3.63, 3.8) is 0 Å². The zero-order chi connectivity index (χ0) is 19.7. The molecule has 0 aliphatic heterocycles. The van der Waals surface area contributed by atoms with Crippen LogP contribution >= 0.6 is 0 Å². The van der Waals surface area contributed by atoms with Crippen LogP contribution in [-0.2, 0) is 6.54 Å². The Morgan fingerprint density at radius 2 is 2.07 bits per heavy atom. The smallest absolute Gasteiger partial charge is 0.254 e. The highest BCUT2D eigenvalue weighted by Gasteiger charge is 2.20. The maximum Gasteiger partial charge on any atom is 0.254 e. The molecule has 2 heterocycles. The molecule has 7 heteroatoms. The number of hydrogen-bond donors (Lipinski definition) is 0. The molecule has 3 aromatic rings. The van der Waals surface area contributed by atoms with Crippen LogP contribution in [0.1, 0.15) is 41.5 Å². The van der Waals surface area contributed by atoms with Crippen molar-refractivity contribution in [3.05, 3.63) is 53.1 Å². The molecular formula is C20H23FN4O2. The lowest BCUT2D eigenvalue weighted by molar-refractivity contribution is 0.0786. The standard InChI is InChI=1S/C20H23FN4O2/c1-12(2)25-19-16(10-22-25)15(8-13(3)23-19)20(26)24(4)11-14-6-7-18(27-5)17(21)9-14/h6-10,12H,11H2,1-5H3. The fourth-order valence-electron chi connectivity index (χ4n) is 3.06.